The third-order valence-electron chi connectivity index (χ3n) is 4.57. The summed E-state index contributed by atoms with van der Waals surface area (Å²) in [5.41, 5.74) is 1.44. The summed E-state index contributed by atoms with van der Waals surface area (Å²) in [6.45, 7) is 1.23. The number of aromatic nitrogens is 1. The monoisotopic (exact) mass is 446 g/mol. The molecule has 4 rings (SSSR count). The fourth-order valence-corrected chi connectivity index (χ4v) is 4.55. The number of carbonyl (C=O) groups is 1. The Bertz CT molecular complexity index is 936. The van der Waals surface area contributed by atoms with Gasteiger partial charge in [0, 0.05) is 11.1 Å². The van der Waals surface area contributed by atoms with Gasteiger partial charge in [-0.15, -0.1) is 0 Å². The molecule has 2 heterocycles. The topological polar surface area (TPSA) is 51.7 Å². The van der Waals surface area contributed by atoms with E-state index >= 15 is 0 Å². The molecule has 0 bridgehead atoms. The number of rotatable bonds is 5. The first-order chi connectivity index (χ1) is 13.2. The number of anilines is 1. The molecule has 1 unspecified atom stereocenters. The van der Waals surface area contributed by atoms with Gasteiger partial charge >= 0.3 is 0 Å². The zero-order valence-electron chi connectivity index (χ0n) is 14.9. The molecule has 1 atom stereocenters. The fraction of sp³-hybridized carbons (Fsp3) is 0.300. The van der Waals surface area contributed by atoms with Crippen LogP contribution in [0.5, 0.6) is 5.75 Å². The molecule has 3 aromatic rings. The Hall–Kier alpha value is -1.96. The van der Waals surface area contributed by atoms with E-state index in [-0.39, 0.29) is 12.0 Å². The lowest BCUT2D eigenvalue weighted by Gasteiger charge is -2.23. The van der Waals surface area contributed by atoms with Crippen molar-refractivity contribution in [2.45, 2.75) is 18.9 Å². The number of methoxy groups -OCH3 is 1. The molecule has 0 saturated carbocycles. The van der Waals surface area contributed by atoms with Crippen LogP contribution >= 0.6 is 27.3 Å². The zero-order valence-corrected chi connectivity index (χ0v) is 17.3. The number of ether oxygens (including phenoxy) is 2. The summed E-state index contributed by atoms with van der Waals surface area (Å²) in [5, 5.41) is 0.686. The molecular weight excluding hydrogens is 428 g/mol. The van der Waals surface area contributed by atoms with Gasteiger partial charge in [-0.2, -0.15) is 0 Å². The average molecular weight is 447 g/mol. The smallest absolute Gasteiger partial charge is 0.261 e. The van der Waals surface area contributed by atoms with Crippen LogP contribution in [0.1, 0.15) is 23.2 Å². The van der Waals surface area contributed by atoms with Gasteiger partial charge in [-0.3, -0.25) is 9.69 Å². The zero-order chi connectivity index (χ0) is 18.8. The molecule has 0 aliphatic carbocycles. The highest BCUT2D eigenvalue weighted by Gasteiger charge is 2.28. The van der Waals surface area contributed by atoms with Crippen LogP contribution in [-0.2, 0) is 4.74 Å². The van der Waals surface area contributed by atoms with Crippen molar-refractivity contribution < 1.29 is 14.3 Å². The van der Waals surface area contributed by atoms with Gasteiger partial charge in [0.05, 0.1) is 35.5 Å². The molecule has 5 nitrogen and oxygen atoms in total. The van der Waals surface area contributed by atoms with Gasteiger partial charge in [0.1, 0.15) is 5.75 Å². The first-order valence-corrected chi connectivity index (χ1v) is 10.4. The van der Waals surface area contributed by atoms with Crippen LogP contribution in [0.15, 0.2) is 46.9 Å². The first-order valence-electron chi connectivity index (χ1n) is 8.78. The lowest BCUT2D eigenvalue weighted by Crippen LogP contribution is -2.37. The molecule has 1 aromatic heterocycles. The standard InChI is InChI=1S/C20H19BrN2O3S/c1-25-13-8-9-16(21)15(11-13)19(24)23(12-14-5-4-10-26-14)20-22-17-6-2-3-7-18(17)27-20/h2-3,6-9,11,14H,4-5,10,12H2,1H3. The Morgan fingerprint density at radius 2 is 2.22 bits per heavy atom. The normalized spacial score (nSPS) is 16.6. The van der Waals surface area contributed by atoms with Crippen molar-refractivity contribution in [3.63, 3.8) is 0 Å². The van der Waals surface area contributed by atoms with Crippen molar-refractivity contribution in [1.82, 2.24) is 4.98 Å². The van der Waals surface area contributed by atoms with Gasteiger partial charge in [0.15, 0.2) is 5.13 Å². The van der Waals surface area contributed by atoms with Crippen LogP contribution < -0.4 is 9.64 Å². The number of hydrogen-bond acceptors (Lipinski definition) is 5. The third kappa shape index (κ3) is 3.85. The molecule has 140 valence electrons. The van der Waals surface area contributed by atoms with Gasteiger partial charge in [0.25, 0.3) is 5.91 Å². The number of nitrogens with zero attached hydrogens (tertiary/aromatic N) is 2. The molecule has 0 N–H and O–H groups in total. The predicted molar refractivity (Wildman–Crippen MR) is 111 cm³/mol. The number of para-hydroxylation sites is 1. The summed E-state index contributed by atoms with van der Waals surface area (Å²) in [7, 11) is 1.59. The van der Waals surface area contributed by atoms with Gasteiger partial charge in [0.2, 0.25) is 0 Å². The van der Waals surface area contributed by atoms with Gasteiger partial charge in [-0.05, 0) is 59.1 Å². The maximum absolute atomic E-state index is 13.5. The molecule has 27 heavy (non-hydrogen) atoms. The molecular formula is C20H19BrN2O3S. The highest BCUT2D eigenvalue weighted by Crippen LogP contribution is 2.32. The number of carbonyl (C=O) groups excluding carboxylic acids is 1. The predicted octanol–water partition coefficient (Wildman–Crippen LogP) is 4.89. The van der Waals surface area contributed by atoms with Crippen LogP contribution in [0.2, 0.25) is 0 Å². The Labute approximate surface area is 170 Å². The maximum atomic E-state index is 13.5. The molecule has 1 aliphatic rings. The van der Waals surface area contributed by atoms with Crippen molar-refractivity contribution >= 4 is 48.5 Å². The van der Waals surface area contributed by atoms with Crippen molar-refractivity contribution in [3.05, 3.63) is 52.5 Å². The highest BCUT2D eigenvalue weighted by atomic mass is 79.9. The Balaban J connectivity index is 1.73. The summed E-state index contributed by atoms with van der Waals surface area (Å²) in [4.78, 5) is 19.9. The van der Waals surface area contributed by atoms with E-state index in [9.17, 15) is 4.79 Å². The average Bonchev–Trinajstić information content (AvgIpc) is 3.35. The third-order valence-corrected chi connectivity index (χ3v) is 6.32. The second-order valence-corrected chi connectivity index (χ2v) is 8.22. The number of thiazole rings is 1. The quantitative estimate of drug-likeness (QED) is 0.559. The minimum absolute atomic E-state index is 0.0327. The Morgan fingerprint density at radius 1 is 1.37 bits per heavy atom. The molecule has 0 spiro atoms. The lowest BCUT2D eigenvalue weighted by atomic mass is 10.1. The summed E-state index contributed by atoms with van der Waals surface area (Å²) in [6.07, 6.45) is 2.01. The highest BCUT2D eigenvalue weighted by molar-refractivity contribution is 9.10. The molecule has 1 aliphatic heterocycles. The van der Waals surface area contributed by atoms with E-state index in [1.807, 2.05) is 36.4 Å². The molecule has 1 amide bonds. The van der Waals surface area contributed by atoms with Crippen LogP contribution in [0.3, 0.4) is 0 Å². The number of amides is 1. The van der Waals surface area contributed by atoms with Crippen LogP contribution in [0.25, 0.3) is 10.2 Å². The summed E-state index contributed by atoms with van der Waals surface area (Å²) in [5.74, 6) is 0.526. The molecule has 0 radical (unpaired) electrons. The van der Waals surface area contributed by atoms with E-state index in [1.165, 1.54) is 11.3 Å². The SMILES string of the molecule is COc1ccc(Br)c(C(=O)N(CC2CCCO2)c2nc3ccccc3s2)c1. The van der Waals surface area contributed by atoms with Crippen LogP contribution in [0, 0.1) is 0 Å². The summed E-state index contributed by atoms with van der Waals surface area (Å²) >= 11 is 5.02. The van der Waals surface area contributed by atoms with Crippen molar-refractivity contribution in [1.29, 1.82) is 0 Å². The number of hydrogen-bond donors (Lipinski definition) is 0. The lowest BCUT2D eigenvalue weighted by molar-refractivity contribution is 0.0916. The summed E-state index contributed by atoms with van der Waals surface area (Å²) < 4.78 is 12.9. The van der Waals surface area contributed by atoms with Gasteiger partial charge in [-0.1, -0.05) is 23.5 Å². The largest absolute Gasteiger partial charge is 0.497 e. The molecule has 1 fully saturated rings. The minimum Gasteiger partial charge on any atom is -0.497 e. The van der Waals surface area contributed by atoms with Gasteiger partial charge < -0.3 is 9.47 Å². The number of halogens is 1. The first kappa shape index (κ1) is 18.4. The Kier molecular flexibility index (Phi) is 5.43. The van der Waals surface area contributed by atoms with E-state index in [0.717, 1.165) is 34.1 Å². The van der Waals surface area contributed by atoms with Gasteiger partial charge in [-0.25, -0.2) is 4.98 Å². The fourth-order valence-electron chi connectivity index (χ4n) is 3.16. The maximum Gasteiger partial charge on any atom is 0.261 e. The number of fused-ring (bicyclic) bond motifs is 1. The number of benzene rings is 2. The van der Waals surface area contributed by atoms with E-state index in [0.29, 0.717) is 23.0 Å². The van der Waals surface area contributed by atoms with E-state index < -0.39 is 0 Å². The molecule has 1 saturated heterocycles. The van der Waals surface area contributed by atoms with Crippen LogP contribution in [0.4, 0.5) is 5.13 Å². The molecule has 7 heteroatoms. The van der Waals surface area contributed by atoms with Crippen molar-refractivity contribution in [2.24, 2.45) is 0 Å². The van der Waals surface area contributed by atoms with E-state index in [2.05, 4.69) is 15.9 Å². The summed E-state index contributed by atoms with van der Waals surface area (Å²) in [6, 6.07) is 13.3. The van der Waals surface area contributed by atoms with Crippen molar-refractivity contribution in [3.8, 4) is 5.75 Å². The van der Waals surface area contributed by atoms with E-state index in [1.54, 1.807) is 18.1 Å². The molecule has 2 aromatic carbocycles. The van der Waals surface area contributed by atoms with Crippen LogP contribution in [-0.4, -0.2) is 37.3 Å². The second kappa shape index (κ2) is 7.96. The Morgan fingerprint density at radius 3 is 2.96 bits per heavy atom. The van der Waals surface area contributed by atoms with Crippen molar-refractivity contribution in [2.75, 3.05) is 25.2 Å². The van der Waals surface area contributed by atoms with E-state index in [4.69, 9.17) is 14.5 Å². The second-order valence-electron chi connectivity index (χ2n) is 6.36. The minimum atomic E-state index is -0.115.